The Hall–Kier alpha value is -2.64. The average Bonchev–Trinajstić information content (AvgIpc) is 3.01. The number of piperazine rings is 1. The maximum atomic E-state index is 12.0. The third-order valence-electron chi connectivity index (χ3n) is 4.15. The Labute approximate surface area is 134 Å². The SMILES string of the molecule is COc1ccc(Cn2nnnc2N2CC(=O)N(C)C(C)C2)cc1. The number of anilines is 1. The van der Waals surface area contributed by atoms with Crippen LogP contribution in [0.15, 0.2) is 24.3 Å². The van der Waals surface area contributed by atoms with Crippen LogP contribution in [0.3, 0.4) is 0 Å². The minimum absolute atomic E-state index is 0.0720. The highest BCUT2D eigenvalue weighted by molar-refractivity contribution is 5.82. The predicted octanol–water partition coefficient (Wildman–Crippen LogP) is 0.397. The van der Waals surface area contributed by atoms with Crippen LogP contribution in [-0.2, 0) is 11.3 Å². The van der Waals surface area contributed by atoms with Crippen molar-refractivity contribution in [2.24, 2.45) is 0 Å². The van der Waals surface area contributed by atoms with Gasteiger partial charge in [0.1, 0.15) is 12.3 Å². The largest absolute Gasteiger partial charge is 0.497 e. The van der Waals surface area contributed by atoms with E-state index in [0.717, 1.165) is 11.3 Å². The Morgan fingerprint density at radius 1 is 1.30 bits per heavy atom. The zero-order valence-electron chi connectivity index (χ0n) is 13.5. The zero-order valence-corrected chi connectivity index (χ0v) is 13.5. The van der Waals surface area contributed by atoms with Crippen molar-refractivity contribution in [2.75, 3.05) is 32.1 Å². The molecule has 1 fully saturated rings. The van der Waals surface area contributed by atoms with Crippen LogP contribution in [0.4, 0.5) is 5.95 Å². The van der Waals surface area contributed by atoms with Crippen molar-refractivity contribution < 1.29 is 9.53 Å². The molecule has 8 nitrogen and oxygen atoms in total. The first-order valence-corrected chi connectivity index (χ1v) is 7.48. The lowest BCUT2D eigenvalue weighted by Crippen LogP contribution is -2.54. The van der Waals surface area contributed by atoms with Gasteiger partial charge in [-0.2, -0.15) is 0 Å². The van der Waals surface area contributed by atoms with E-state index in [1.165, 1.54) is 0 Å². The lowest BCUT2D eigenvalue weighted by molar-refractivity contribution is -0.131. The molecule has 0 spiro atoms. The quantitative estimate of drug-likeness (QED) is 0.812. The van der Waals surface area contributed by atoms with Crippen LogP contribution in [0.25, 0.3) is 0 Å². The number of likely N-dealkylation sites (N-methyl/N-ethyl adjacent to an activating group) is 1. The first-order valence-electron chi connectivity index (χ1n) is 7.48. The van der Waals surface area contributed by atoms with Crippen molar-refractivity contribution in [2.45, 2.75) is 19.5 Å². The number of amides is 1. The van der Waals surface area contributed by atoms with Gasteiger partial charge in [-0.05, 0) is 35.0 Å². The van der Waals surface area contributed by atoms with Crippen LogP contribution in [-0.4, -0.2) is 64.3 Å². The molecule has 23 heavy (non-hydrogen) atoms. The van der Waals surface area contributed by atoms with Crippen molar-refractivity contribution in [3.8, 4) is 5.75 Å². The monoisotopic (exact) mass is 316 g/mol. The molecule has 1 aliphatic heterocycles. The van der Waals surface area contributed by atoms with Gasteiger partial charge >= 0.3 is 0 Å². The Bertz CT molecular complexity index is 684. The van der Waals surface area contributed by atoms with Crippen LogP contribution in [0, 0.1) is 0 Å². The number of methoxy groups -OCH3 is 1. The molecule has 1 atom stereocenters. The molecule has 122 valence electrons. The molecule has 1 aromatic carbocycles. The van der Waals surface area contributed by atoms with E-state index in [1.54, 1.807) is 16.7 Å². The Kier molecular flexibility index (Phi) is 4.14. The molecule has 1 aromatic heterocycles. The van der Waals surface area contributed by atoms with E-state index < -0.39 is 0 Å². The predicted molar refractivity (Wildman–Crippen MR) is 84.4 cm³/mol. The number of hydrogen-bond acceptors (Lipinski definition) is 6. The molecule has 0 saturated carbocycles. The normalized spacial score (nSPS) is 18.4. The number of nitrogens with zero attached hydrogens (tertiary/aromatic N) is 6. The van der Waals surface area contributed by atoms with Crippen LogP contribution in [0.2, 0.25) is 0 Å². The summed E-state index contributed by atoms with van der Waals surface area (Å²) < 4.78 is 6.87. The molecule has 8 heteroatoms. The number of carbonyl (C=O) groups excluding carboxylic acids is 1. The first-order chi connectivity index (χ1) is 11.1. The molecule has 2 heterocycles. The first kappa shape index (κ1) is 15.3. The Morgan fingerprint density at radius 2 is 2.04 bits per heavy atom. The molecule has 1 unspecified atom stereocenters. The minimum atomic E-state index is 0.0720. The highest BCUT2D eigenvalue weighted by atomic mass is 16.5. The topological polar surface area (TPSA) is 76.4 Å². The number of tetrazole rings is 1. The summed E-state index contributed by atoms with van der Waals surface area (Å²) in [4.78, 5) is 15.7. The Morgan fingerprint density at radius 3 is 2.70 bits per heavy atom. The standard InChI is InChI=1S/C15H20N6O2/c1-11-8-20(10-14(22)19(11)2)15-16-17-18-21(15)9-12-4-6-13(23-3)7-5-12/h4-7,11H,8-10H2,1-3H3. The van der Waals surface area contributed by atoms with Gasteiger partial charge < -0.3 is 14.5 Å². The lowest BCUT2D eigenvalue weighted by Gasteiger charge is -2.37. The molecule has 0 bridgehead atoms. The highest BCUT2D eigenvalue weighted by Crippen LogP contribution is 2.18. The second-order valence-corrected chi connectivity index (χ2v) is 5.72. The Balaban J connectivity index is 1.78. The van der Waals surface area contributed by atoms with E-state index in [9.17, 15) is 4.79 Å². The van der Waals surface area contributed by atoms with E-state index in [2.05, 4.69) is 15.5 Å². The summed E-state index contributed by atoms with van der Waals surface area (Å²) in [7, 11) is 3.46. The smallest absolute Gasteiger partial charge is 0.246 e. The molecular weight excluding hydrogens is 296 g/mol. The molecule has 1 amide bonds. The number of aromatic nitrogens is 4. The summed E-state index contributed by atoms with van der Waals surface area (Å²) >= 11 is 0. The number of benzene rings is 1. The fourth-order valence-corrected chi connectivity index (χ4v) is 2.61. The van der Waals surface area contributed by atoms with E-state index in [1.807, 2.05) is 43.1 Å². The van der Waals surface area contributed by atoms with Gasteiger partial charge in [0.15, 0.2) is 0 Å². The van der Waals surface area contributed by atoms with Crippen molar-refractivity contribution in [3.05, 3.63) is 29.8 Å². The van der Waals surface area contributed by atoms with Crippen molar-refractivity contribution in [1.82, 2.24) is 25.1 Å². The minimum Gasteiger partial charge on any atom is -0.497 e. The number of carbonyl (C=O) groups is 1. The molecule has 1 aliphatic rings. The number of rotatable bonds is 4. The molecule has 1 saturated heterocycles. The van der Waals surface area contributed by atoms with E-state index in [-0.39, 0.29) is 11.9 Å². The van der Waals surface area contributed by atoms with Gasteiger partial charge in [0.05, 0.1) is 13.7 Å². The summed E-state index contributed by atoms with van der Waals surface area (Å²) in [5.41, 5.74) is 1.06. The van der Waals surface area contributed by atoms with Crippen molar-refractivity contribution in [3.63, 3.8) is 0 Å². The number of ether oxygens (including phenoxy) is 1. The molecule has 3 rings (SSSR count). The fourth-order valence-electron chi connectivity index (χ4n) is 2.61. The molecule has 2 aromatic rings. The van der Waals surface area contributed by atoms with Crippen molar-refractivity contribution >= 4 is 11.9 Å². The maximum Gasteiger partial charge on any atom is 0.246 e. The third-order valence-corrected chi connectivity index (χ3v) is 4.15. The van der Waals surface area contributed by atoms with Crippen LogP contribution >= 0.6 is 0 Å². The van der Waals surface area contributed by atoms with E-state index in [4.69, 9.17) is 4.74 Å². The van der Waals surface area contributed by atoms with Crippen LogP contribution in [0.1, 0.15) is 12.5 Å². The molecular formula is C15H20N6O2. The van der Waals surface area contributed by atoms with Gasteiger partial charge in [-0.3, -0.25) is 4.79 Å². The lowest BCUT2D eigenvalue weighted by atomic mass is 10.2. The van der Waals surface area contributed by atoms with Gasteiger partial charge in [-0.25, -0.2) is 4.68 Å². The van der Waals surface area contributed by atoms with E-state index >= 15 is 0 Å². The van der Waals surface area contributed by atoms with Crippen LogP contribution in [0.5, 0.6) is 5.75 Å². The number of hydrogen-bond donors (Lipinski definition) is 0. The summed E-state index contributed by atoms with van der Waals surface area (Å²) in [6.07, 6.45) is 0. The van der Waals surface area contributed by atoms with Gasteiger partial charge in [0.2, 0.25) is 11.9 Å². The summed E-state index contributed by atoms with van der Waals surface area (Å²) in [6.45, 7) is 3.57. The summed E-state index contributed by atoms with van der Waals surface area (Å²) in [5.74, 6) is 1.50. The highest BCUT2D eigenvalue weighted by Gasteiger charge is 2.29. The summed E-state index contributed by atoms with van der Waals surface area (Å²) in [5, 5.41) is 11.9. The van der Waals surface area contributed by atoms with Crippen LogP contribution < -0.4 is 9.64 Å². The fraction of sp³-hybridized carbons (Fsp3) is 0.467. The zero-order chi connectivity index (χ0) is 16.4. The summed E-state index contributed by atoms with van der Waals surface area (Å²) in [6, 6.07) is 7.88. The van der Waals surface area contributed by atoms with Crippen molar-refractivity contribution in [1.29, 1.82) is 0 Å². The molecule has 0 aliphatic carbocycles. The van der Waals surface area contributed by atoms with Gasteiger partial charge in [-0.15, -0.1) is 0 Å². The molecule has 0 N–H and O–H groups in total. The van der Waals surface area contributed by atoms with Gasteiger partial charge in [-0.1, -0.05) is 17.2 Å². The second kappa shape index (κ2) is 6.23. The van der Waals surface area contributed by atoms with E-state index in [0.29, 0.717) is 25.6 Å². The third kappa shape index (κ3) is 3.10. The maximum absolute atomic E-state index is 12.0. The van der Waals surface area contributed by atoms with Gasteiger partial charge in [0, 0.05) is 19.6 Å². The van der Waals surface area contributed by atoms with Gasteiger partial charge in [0.25, 0.3) is 0 Å². The average molecular weight is 316 g/mol. The second-order valence-electron chi connectivity index (χ2n) is 5.72. The molecule has 0 radical (unpaired) electrons.